The third-order valence-electron chi connectivity index (χ3n) is 4.13. The quantitative estimate of drug-likeness (QED) is 0.761. The number of aliphatic hydroxyl groups is 1. The van der Waals surface area contributed by atoms with E-state index in [1.54, 1.807) is 0 Å². The molecule has 0 amide bonds. The summed E-state index contributed by atoms with van der Waals surface area (Å²) in [6.07, 6.45) is 4.14. The molecule has 0 aliphatic heterocycles. The van der Waals surface area contributed by atoms with Gasteiger partial charge >= 0.3 is 0 Å². The number of allylic oxidation sites excluding steroid dienone is 2. The number of carbonyl (C=O) groups excluding carboxylic acids is 1. The molecule has 3 heteroatoms. The fourth-order valence-electron chi connectivity index (χ4n) is 2.22. The molecule has 21 heavy (non-hydrogen) atoms. The van der Waals surface area contributed by atoms with Crippen molar-refractivity contribution in [3.8, 4) is 0 Å². The lowest BCUT2D eigenvalue weighted by atomic mass is 9.79. The first-order valence-corrected chi connectivity index (χ1v) is 7.90. The van der Waals surface area contributed by atoms with Crippen LogP contribution in [0, 0.1) is 11.3 Å². The number of hydrogen-bond acceptors (Lipinski definition) is 3. The van der Waals surface area contributed by atoms with Crippen molar-refractivity contribution in [3.05, 3.63) is 12.2 Å². The zero-order valence-corrected chi connectivity index (χ0v) is 15.4. The van der Waals surface area contributed by atoms with Crippen molar-refractivity contribution in [3.63, 3.8) is 0 Å². The molecule has 0 aromatic heterocycles. The third-order valence-corrected chi connectivity index (χ3v) is 4.13. The topological polar surface area (TPSA) is 40.5 Å². The zero-order valence-electron chi connectivity index (χ0n) is 15.4. The van der Waals surface area contributed by atoms with Crippen LogP contribution in [0.1, 0.15) is 61.8 Å². The maximum absolute atomic E-state index is 12.9. The van der Waals surface area contributed by atoms with Gasteiger partial charge in [0.05, 0.1) is 12.1 Å². The Morgan fingerprint density at radius 3 is 2.00 bits per heavy atom. The van der Waals surface area contributed by atoms with Crippen LogP contribution >= 0.6 is 0 Å². The van der Waals surface area contributed by atoms with Crippen molar-refractivity contribution in [2.45, 2.75) is 79.5 Å². The molecule has 0 radical (unpaired) electrons. The van der Waals surface area contributed by atoms with Crippen LogP contribution < -0.4 is 0 Å². The summed E-state index contributed by atoms with van der Waals surface area (Å²) in [4.78, 5) is 14.9. The molecule has 0 aliphatic carbocycles. The van der Waals surface area contributed by atoms with E-state index in [1.807, 2.05) is 58.7 Å². The van der Waals surface area contributed by atoms with Crippen molar-refractivity contribution in [1.82, 2.24) is 4.90 Å². The van der Waals surface area contributed by atoms with Gasteiger partial charge in [0, 0.05) is 11.0 Å². The van der Waals surface area contributed by atoms with Gasteiger partial charge in [-0.25, -0.2) is 0 Å². The van der Waals surface area contributed by atoms with Crippen LogP contribution in [0.3, 0.4) is 0 Å². The van der Waals surface area contributed by atoms with Gasteiger partial charge in [0.25, 0.3) is 0 Å². The number of carbonyl (C=O) groups is 1. The van der Waals surface area contributed by atoms with Crippen LogP contribution in [0.5, 0.6) is 0 Å². The van der Waals surface area contributed by atoms with Gasteiger partial charge in [-0.15, -0.1) is 0 Å². The second-order valence-corrected chi connectivity index (χ2v) is 8.11. The Bertz CT molecular complexity index is 360. The highest BCUT2D eigenvalue weighted by Crippen LogP contribution is 2.28. The summed E-state index contributed by atoms with van der Waals surface area (Å²) < 4.78 is 0. The lowest BCUT2D eigenvalue weighted by Gasteiger charge is -2.43. The normalized spacial score (nSPS) is 18.0. The molecule has 3 atom stereocenters. The van der Waals surface area contributed by atoms with E-state index in [0.717, 1.165) is 6.42 Å². The molecule has 124 valence electrons. The average Bonchev–Trinajstić information content (AvgIpc) is 2.33. The molecule has 0 aromatic carbocycles. The molecule has 0 saturated carbocycles. The van der Waals surface area contributed by atoms with E-state index in [9.17, 15) is 9.90 Å². The predicted octanol–water partition coefficient (Wildman–Crippen LogP) is 3.66. The van der Waals surface area contributed by atoms with Crippen LogP contribution in [0.15, 0.2) is 12.2 Å². The minimum absolute atomic E-state index is 0.0438. The number of Topliss-reactive ketones (excluding diaryl/α,β-unsaturated/α-hetero) is 1. The number of aliphatic hydroxyl groups excluding tert-OH is 1. The Kier molecular flexibility index (Phi) is 7.31. The summed E-state index contributed by atoms with van der Waals surface area (Å²) in [6, 6.07) is -0.481. The first-order chi connectivity index (χ1) is 9.34. The molecule has 0 spiro atoms. The van der Waals surface area contributed by atoms with E-state index in [1.165, 1.54) is 0 Å². The molecule has 0 rings (SSSR count). The van der Waals surface area contributed by atoms with Gasteiger partial charge in [-0.3, -0.25) is 9.69 Å². The smallest absolute Gasteiger partial charge is 0.157 e. The Hall–Kier alpha value is -0.670. The molecule has 0 unspecified atom stereocenters. The number of likely N-dealkylation sites (N-methyl/N-ethyl adjacent to an activating group) is 1. The molecule has 0 bridgehead atoms. The van der Waals surface area contributed by atoms with E-state index in [0.29, 0.717) is 0 Å². The highest BCUT2D eigenvalue weighted by atomic mass is 16.3. The second kappa shape index (κ2) is 7.55. The van der Waals surface area contributed by atoms with Gasteiger partial charge in [0.2, 0.25) is 0 Å². The molecule has 0 fully saturated rings. The molecular weight excluding hydrogens is 262 g/mol. The standard InChI is InChI=1S/C18H35NO2/c1-10-11-12-13(2)15(20)14(16(21)17(3,4)5)19(9)18(6,7)8/h10-11,13-15,20H,12H2,1-9H3/b11-10+/t13-,14+,15-/m1/s1. The van der Waals surface area contributed by atoms with E-state index in [-0.39, 0.29) is 17.2 Å². The number of nitrogens with zero attached hydrogens (tertiary/aromatic N) is 1. The van der Waals surface area contributed by atoms with Gasteiger partial charge in [-0.1, -0.05) is 39.8 Å². The summed E-state index contributed by atoms with van der Waals surface area (Å²) in [5.41, 5.74) is -0.641. The fraction of sp³-hybridized carbons (Fsp3) is 0.833. The van der Waals surface area contributed by atoms with Gasteiger partial charge in [0.15, 0.2) is 5.78 Å². The fourth-order valence-corrected chi connectivity index (χ4v) is 2.22. The highest BCUT2D eigenvalue weighted by molar-refractivity contribution is 5.89. The van der Waals surface area contributed by atoms with Crippen molar-refractivity contribution in [2.75, 3.05) is 7.05 Å². The number of hydrogen-bond donors (Lipinski definition) is 1. The van der Waals surface area contributed by atoms with Crippen molar-refractivity contribution in [1.29, 1.82) is 0 Å². The first-order valence-electron chi connectivity index (χ1n) is 7.90. The summed E-state index contributed by atoms with van der Waals surface area (Å²) in [5, 5.41) is 10.8. The molecule has 3 nitrogen and oxygen atoms in total. The van der Waals surface area contributed by atoms with Crippen LogP contribution in [0.2, 0.25) is 0 Å². The molecular formula is C18H35NO2. The SMILES string of the molecule is C/C=C/C[C@@H](C)[C@@H](O)[C@@H](C(=O)C(C)(C)C)N(C)C(C)(C)C. The molecule has 0 heterocycles. The van der Waals surface area contributed by atoms with Gasteiger partial charge < -0.3 is 5.11 Å². The predicted molar refractivity (Wildman–Crippen MR) is 90.4 cm³/mol. The van der Waals surface area contributed by atoms with E-state index in [2.05, 4.69) is 20.8 Å². The number of rotatable bonds is 6. The minimum Gasteiger partial charge on any atom is -0.391 e. The van der Waals surface area contributed by atoms with Crippen LogP contribution in [-0.4, -0.2) is 40.5 Å². The Morgan fingerprint density at radius 2 is 1.67 bits per heavy atom. The van der Waals surface area contributed by atoms with Gasteiger partial charge in [-0.05, 0) is 47.1 Å². The maximum atomic E-state index is 12.9. The summed E-state index contributed by atoms with van der Waals surface area (Å²) in [5.74, 6) is 0.141. The van der Waals surface area contributed by atoms with Crippen LogP contribution in [-0.2, 0) is 4.79 Å². The van der Waals surface area contributed by atoms with E-state index >= 15 is 0 Å². The lowest BCUT2D eigenvalue weighted by Crippen LogP contribution is -2.58. The second-order valence-electron chi connectivity index (χ2n) is 8.11. The molecule has 0 aromatic rings. The van der Waals surface area contributed by atoms with E-state index in [4.69, 9.17) is 0 Å². The van der Waals surface area contributed by atoms with E-state index < -0.39 is 17.6 Å². The van der Waals surface area contributed by atoms with Gasteiger partial charge in [0.1, 0.15) is 0 Å². The molecule has 0 aliphatic rings. The van der Waals surface area contributed by atoms with Gasteiger partial charge in [-0.2, -0.15) is 0 Å². The molecule has 0 saturated heterocycles. The van der Waals surface area contributed by atoms with Crippen molar-refractivity contribution in [2.24, 2.45) is 11.3 Å². The van der Waals surface area contributed by atoms with Crippen LogP contribution in [0.25, 0.3) is 0 Å². The monoisotopic (exact) mass is 297 g/mol. The number of ketones is 1. The molecule has 1 N–H and O–H groups in total. The van der Waals surface area contributed by atoms with Crippen molar-refractivity contribution >= 4 is 5.78 Å². The largest absolute Gasteiger partial charge is 0.391 e. The average molecular weight is 297 g/mol. The van der Waals surface area contributed by atoms with Crippen molar-refractivity contribution < 1.29 is 9.90 Å². The lowest BCUT2D eigenvalue weighted by molar-refractivity contribution is -0.140. The Morgan fingerprint density at radius 1 is 1.19 bits per heavy atom. The minimum atomic E-state index is -0.669. The third kappa shape index (κ3) is 5.91. The van der Waals surface area contributed by atoms with Crippen LogP contribution in [0.4, 0.5) is 0 Å². The highest BCUT2D eigenvalue weighted by Gasteiger charge is 2.41. The Labute approximate surface area is 131 Å². The first kappa shape index (κ1) is 20.3. The summed E-state index contributed by atoms with van der Waals surface area (Å²) in [7, 11) is 1.93. The summed E-state index contributed by atoms with van der Waals surface area (Å²) in [6.45, 7) is 15.9. The zero-order chi connectivity index (χ0) is 17.0. The summed E-state index contributed by atoms with van der Waals surface area (Å²) >= 11 is 0. The maximum Gasteiger partial charge on any atom is 0.157 e. The Balaban J connectivity index is 5.46.